The Balaban J connectivity index is 1.56. The third-order valence-electron chi connectivity index (χ3n) is 8.50. The Kier molecular flexibility index (Phi) is 6.24. The average Bonchev–Trinajstić information content (AvgIpc) is 3.00. The van der Waals surface area contributed by atoms with Gasteiger partial charge >= 0.3 is 0 Å². The van der Waals surface area contributed by atoms with Crippen LogP contribution in [0.15, 0.2) is 77.8 Å². The summed E-state index contributed by atoms with van der Waals surface area (Å²) in [5, 5.41) is 22.2. The number of aryl methyl sites for hydroxylation is 2. The van der Waals surface area contributed by atoms with E-state index < -0.39 is 16.7 Å². The number of methoxy groups -OCH3 is 1. The van der Waals surface area contributed by atoms with E-state index in [1.807, 2.05) is 48.2 Å². The zero-order chi connectivity index (χ0) is 28.1. The average molecular weight is 547 g/mol. The quantitative estimate of drug-likeness (QED) is 0.405. The largest absolute Gasteiger partial charge is 0.496 e. The van der Waals surface area contributed by atoms with E-state index in [1.54, 1.807) is 7.11 Å². The summed E-state index contributed by atoms with van der Waals surface area (Å²) in [5.74, 6) is 0.715. The van der Waals surface area contributed by atoms with Gasteiger partial charge in [0.2, 0.25) is 0 Å². The summed E-state index contributed by atoms with van der Waals surface area (Å²) in [7, 11) is 1.62. The standard InChI is InChI=1S/C32H30N6OS/c1-22-8-12-24(13-9-22)36-18-31(16-33)28(26-6-4-5-7-27(26)39-3)32(17-34,19-36)30(40)38-21-37(20-35-29(31)38)25-14-10-23(2)11-15-25/h4-15,28H,18-21H2,1-3H3. The number of hydrogen-bond donors (Lipinski definition) is 0. The molecule has 3 atom stereocenters. The minimum atomic E-state index is -1.18. The normalized spacial score (nSPS) is 25.4. The second-order valence-corrected chi connectivity index (χ2v) is 11.3. The lowest BCUT2D eigenvalue weighted by molar-refractivity contribution is 0.202. The Hall–Kier alpha value is -4.40. The summed E-state index contributed by atoms with van der Waals surface area (Å²) >= 11 is 6.24. The van der Waals surface area contributed by atoms with Crippen molar-refractivity contribution in [1.82, 2.24) is 4.90 Å². The number of benzene rings is 3. The van der Waals surface area contributed by atoms with Crippen molar-refractivity contribution in [2.24, 2.45) is 15.8 Å². The first-order chi connectivity index (χ1) is 19.4. The third kappa shape index (κ3) is 3.75. The molecule has 3 unspecified atom stereocenters. The predicted molar refractivity (Wildman–Crippen MR) is 160 cm³/mol. The van der Waals surface area contributed by atoms with Gasteiger partial charge in [-0.05, 0) is 44.2 Å². The van der Waals surface area contributed by atoms with Gasteiger partial charge in [0.1, 0.15) is 34.1 Å². The first-order valence-corrected chi connectivity index (χ1v) is 13.7. The molecule has 2 fully saturated rings. The Bertz CT molecular complexity index is 1590. The maximum atomic E-state index is 11.2. The lowest BCUT2D eigenvalue weighted by atomic mass is 9.53. The molecule has 6 rings (SSSR count). The number of nitrogens with zero attached hydrogens (tertiary/aromatic N) is 6. The number of fused-ring (bicyclic) bond motifs is 4. The second kappa shape index (κ2) is 9.66. The first-order valence-electron chi connectivity index (χ1n) is 13.3. The molecule has 3 heterocycles. The van der Waals surface area contributed by atoms with Crippen LogP contribution in [0, 0.1) is 47.3 Å². The Morgan fingerprint density at radius 2 is 1.43 bits per heavy atom. The molecule has 2 bridgehead atoms. The first kappa shape index (κ1) is 25.9. The Morgan fingerprint density at radius 3 is 2.02 bits per heavy atom. The molecule has 0 saturated carbocycles. The van der Waals surface area contributed by atoms with Crippen molar-refractivity contribution < 1.29 is 4.74 Å². The highest BCUT2D eigenvalue weighted by molar-refractivity contribution is 7.80. The molecule has 0 N–H and O–H groups in total. The van der Waals surface area contributed by atoms with E-state index in [0.717, 1.165) is 22.5 Å². The third-order valence-corrected chi connectivity index (χ3v) is 9.08. The van der Waals surface area contributed by atoms with Crippen LogP contribution in [0.4, 0.5) is 11.4 Å². The Morgan fingerprint density at radius 1 is 0.850 bits per heavy atom. The highest BCUT2D eigenvalue weighted by Crippen LogP contribution is 2.60. The summed E-state index contributed by atoms with van der Waals surface area (Å²) < 4.78 is 5.79. The topological polar surface area (TPSA) is 78.9 Å². The van der Waals surface area contributed by atoms with E-state index in [1.165, 1.54) is 5.56 Å². The monoisotopic (exact) mass is 546 g/mol. The Labute approximate surface area is 240 Å². The molecule has 2 saturated heterocycles. The number of para-hydroxylation sites is 1. The van der Waals surface area contributed by atoms with E-state index in [0.29, 0.717) is 43.0 Å². The maximum absolute atomic E-state index is 11.2. The predicted octanol–water partition coefficient (Wildman–Crippen LogP) is 5.41. The summed E-state index contributed by atoms with van der Waals surface area (Å²) in [6, 6.07) is 29.5. The van der Waals surface area contributed by atoms with Crippen LogP contribution in [0.1, 0.15) is 22.6 Å². The van der Waals surface area contributed by atoms with Gasteiger partial charge in [0.05, 0.1) is 25.9 Å². The second-order valence-electron chi connectivity index (χ2n) is 10.9. The number of anilines is 2. The number of piperidine rings is 2. The van der Waals surface area contributed by atoms with Crippen LogP contribution in [-0.2, 0) is 0 Å². The molecule has 0 radical (unpaired) electrons. The maximum Gasteiger partial charge on any atom is 0.141 e. The van der Waals surface area contributed by atoms with Crippen LogP contribution in [-0.4, -0.2) is 49.3 Å². The van der Waals surface area contributed by atoms with Crippen LogP contribution in [0.5, 0.6) is 5.75 Å². The summed E-state index contributed by atoms with van der Waals surface area (Å²) in [5.41, 5.74) is 2.78. The van der Waals surface area contributed by atoms with Crippen LogP contribution in [0.25, 0.3) is 0 Å². The molecule has 0 aliphatic carbocycles. The zero-order valence-corrected chi connectivity index (χ0v) is 23.7. The van der Waals surface area contributed by atoms with Gasteiger partial charge in [-0.15, -0.1) is 0 Å². The molecule has 7 nitrogen and oxygen atoms in total. The fourth-order valence-corrected chi connectivity index (χ4v) is 6.92. The molecule has 0 aromatic heterocycles. The number of aliphatic imine (C=N–C) groups is 1. The van der Waals surface area contributed by atoms with Gasteiger partial charge in [-0.2, -0.15) is 10.5 Å². The molecule has 200 valence electrons. The highest BCUT2D eigenvalue weighted by Gasteiger charge is 2.68. The van der Waals surface area contributed by atoms with Gasteiger partial charge in [-0.3, -0.25) is 0 Å². The molecule has 8 heteroatoms. The number of hydrogen-bond acceptors (Lipinski definition) is 7. The lowest BCUT2D eigenvalue weighted by Gasteiger charge is -2.61. The minimum Gasteiger partial charge on any atom is -0.496 e. The van der Waals surface area contributed by atoms with E-state index in [-0.39, 0.29) is 0 Å². The molecule has 3 aliphatic heterocycles. The number of thiocarbonyl (C=S) groups is 1. The molecule has 3 aromatic carbocycles. The van der Waals surface area contributed by atoms with Crippen LogP contribution >= 0.6 is 12.2 Å². The fourth-order valence-electron chi connectivity index (χ4n) is 6.55. The molecular weight excluding hydrogens is 516 g/mol. The van der Waals surface area contributed by atoms with Crippen molar-refractivity contribution in [2.45, 2.75) is 19.8 Å². The van der Waals surface area contributed by atoms with Crippen LogP contribution in [0.2, 0.25) is 0 Å². The fraction of sp³-hybridized carbons (Fsp3) is 0.312. The van der Waals surface area contributed by atoms with E-state index in [2.05, 4.69) is 65.3 Å². The van der Waals surface area contributed by atoms with Crippen LogP contribution in [0.3, 0.4) is 0 Å². The van der Waals surface area contributed by atoms with Crippen molar-refractivity contribution in [1.29, 1.82) is 10.5 Å². The summed E-state index contributed by atoms with van der Waals surface area (Å²) in [6.45, 7) is 5.65. The summed E-state index contributed by atoms with van der Waals surface area (Å²) in [4.78, 5) is 11.8. The lowest BCUT2D eigenvalue weighted by Crippen LogP contribution is -2.73. The van der Waals surface area contributed by atoms with Gasteiger partial charge in [-0.25, -0.2) is 4.99 Å². The number of ether oxygens (including phenoxy) is 1. The highest BCUT2D eigenvalue weighted by atomic mass is 32.1. The number of amidine groups is 1. The van der Waals surface area contributed by atoms with Crippen molar-refractivity contribution in [3.63, 3.8) is 0 Å². The van der Waals surface area contributed by atoms with Crippen molar-refractivity contribution in [3.05, 3.63) is 89.5 Å². The van der Waals surface area contributed by atoms with Crippen molar-refractivity contribution in [3.8, 4) is 17.9 Å². The van der Waals surface area contributed by atoms with Gasteiger partial charge in [-0.1, -0.05) is 65.8 Å². The van der Waals surface area contributed by atoms with Gasteiger partial charge < -0.3 is 19.4 Å². The molecule has 3 aromatic rings. The van der Waals surface area contributed by atoms with Gasteiger partial charge in [0, 0.05) is 35.9 Å². The molecule has 3 aliphatic rings. The van der Waals surface area contributed by atoms with Crippen molar-refractivity contribution >= 4 is 34.4 Å². The zero-order valence-electron chi connectivity index (χ0n) is 22.8. The number of rotatable bonds is 4. The molecule has 40 heavy (non-hydrogen) atoms. The SMILES string of the molecule is COc1ccccc1C1C2(C#N)CN(c3ccc(C)cc3)CC1(C#N)C1=NCN(c3ccc(C)cc3)CN1C2=S. The molecule has 0 amide bonds. The summed E-state index contributed by atoms with van der Waals surface area (Å²) in [6.07, 6.45) is 0. The van der Waals surface area contributed by atoms with E-state index in [9.17, 15) is 10.5 Å². The minimum absolute atomic E-state index is 0.353. The van der Waals surface area contributed by atoms with Gasteiger partial charge in [0.25, 0.3) is 0 Å². The van der Waals surface area contributed by atoms with Crippen molar-refractivity contribution in [2.75, 3.05) is 43.3 Å². The smallest absolute Gasteiger partial charge is 0.141 e. The van der Waals surface area contributed by atoms with Crippen LogP contribution < -0.4 is 14.5 Å². The van der Waals surface area contributed by atoms with Gasteiger partial charge in [0.15, 0.2) is 0 Å². The number of nitriles is 2. The van der Waals surface area contributed by atoms with E-state index in [4.69, 9.17) is 21.9 Å². The molecule has 0 spiro atoms. The molecular formula is C32H30N6OS. The van der Waals surface area contributed by atoms with E-state index >= 15 is 0 Å².